The zero-order chi connectivity index (χ0) is 25.5. The van der Waals surface area contributed by atoms with Crippen LogP contribution in [0, 0.1) is 0 Å². The molecule has 0 aliphatic carbocycles. The fraction of sp³-hybridized carbons (Fsp3) is 0. The molecule has 0 saturated carbocycles. The normalized spacial score (nSPS) is 11.3. The van der Waals surface area contributed by atoms with Gasteiger partial charge in [0.15, 0.2) is 0 Å². The molecular weight excluding hydrogens is 526 g/mol. The Morgan fingerprint density at radius 3 is 1.55 bits per heavy atom. The SMILES string of the molecule is Brc1ccc(-c2ccc3c4ccccc4n(-c4cc(-c5ccccc5)cc(-c5ccccc5)c4)c3c2)cc1. The molecule has 0 N–H and O–H groups in total. The van der Waals surface area contributed by atoms with Gasteiger partial charge in [0.1, 0.15) is 0 Å². The molecule has 0 bridgehead atoms. The molecule has 0 aliphatic heterocycles. The number of halogens is 1. The highest BCUT2D eigenvalue weighted by Crippen LogP contribution is 2.37. The first-order chi connectivity index (χ1) is 18.7. The van der Waals surface area contributed by atoms with Crippen molar-refractivity contribution >= 4 is 37.7 Å². The highest BCUT2D eigenvalue weighted by molar-refractivity contribution is 9.10. The van der Waals surface area contributed by atoms with Crippen LogP contribution >= 0.6 is 15.9 Å². The highest BCUT2D eigenvalue weighted by Gasteiger charge is 2.15. The van der Waals surface area contributed by atoms with Gasteiger partial charge in [-0.25, -0.2) is 0 Å². The second-order valence-electron chi connectivity index (χ2n) is 9.59. The smallest absolute Gasteiger partial charge is 0.0547 e. The van der Waals surface area contributed by atoms with Crippen LogP contribution in [0.3, 0.4) is 0 Å². The van der Waals surface area contributed by atoms with E-state index in [4.69, 9.17) is 0 Å². The Labute approximate surface area is 230 Å². The van der Waals surface area contributed by atoms with Crippen LogP contribution in [0.1, 0.15) is 0 Å². The van der Waals surface area contributed by atoms with E-state index in [1.807, 2.05) is 0 Å². The van der Waals surface area contributed by atoms with Gasteiger partial charge in [-0.3, -0.25) is 0 Å². The number of hydrogen-bond acceptors (Lipinski definition) is 0. The van der Waals surface area contributed by atoms with Crippen LogP contribution in [-0.4, -0.2) is 4.57 Å². The van der Waals surface area contributed by atoms with Gasteiger partial charge >= 0.3 is 0 Å². The van der Waals surface area contributed by atoms with Crippen molar-refractivity contribution in [1.82, 2.24) is 4.57 Å². The number of aromatic nitrogens is 1. The third-order valence-electron chi connectivity index (χ3n) is 7.24. The Balaban J connectivity index is 1.53. The standard InChI is InChI=1S/C36H24BrN/c37-31-18-15-27(16-19-31)28-17-20-34-33-13-7-8-14-35(33)38(36(34)24-28)32-22-29(25-9-3-1-4-10-25)21-30(23-32)26-11-5-2-6-12-26/h1-24H. The van der Waals surface area contributed by atoms with E-state index < -0.39 is 0 Å². The zero-order valence-electron chi connectivity index (χ0n) is 20.7. The summed E-state index contributed by atoms with van der Waals surface area (Å²) in [5.41, 5.74) is 10.8. The van der Waals surface area contributed by atoms with Gasteiger partial charge in [0.25, 0.3) is 0 Å². The number of nitrogens with zero attached hydrogens (tertiary/aromatic N) is 1. The molecule has 0 aliphatic rings. The van der Waals surface area contributed by atoms with Crippen LogP contribution in [0.25, 0.3) is 60.9 Å². The summed E-state index contributed by atoms with van der Waals surface area (Å²) in [4.78, 5) is 0. The Bertz CT molecular complexity index is 1840. The Kier molecular flexibility index (Phi) is 5.68. The molecule has 1 nitrogen and oxygen atoms in total. The molecule has 1 aromatic heterocycles. The lowest BCUT2D eigenvalue weighted by Gasteiger charge is -2.14. The highest BCUT2D eigenvalue weighted by atomic mass is 79.9. The van der Waals surface area contributed by atoms with Crippen LogP contribution in [0.2, 0.25) is 0 Å². The van der Waals surface area contributed by atoms with Crippen LogP contribution in [0.15, 0.2) is 150 Å². The molecule has 6 aromatic carbocycles. The third kappa shape index (κ3) is 4.04. The number of benzene rings is 6. The quantitative estimate of drug-likeness (QED) is 0.205. The topological polar surface area (TPSA) is 4.93 Å². The van der Waals surface area contributed by atoms with E-state index >= 15 is 0 Å². The molecule has 38 heavy (non-hydrogen) atoms. The minimum absolute atomic E-state index is 1.09. The minimum Gasteiger partial charge on any atom is -0.309 e. The predicted octanol–water partition coefficient (Wildman–Crippen LogP) is 10.5. The minimum atomic E-state index is 1.09. The van der Waals surface area contributed by atoms with Crippen molar-refractivity contribution in [2.45, 2.75) is 0 Å². The largest absolute Gasteiger partial charge is 0.309 e. The maximum absolute atomic E-state index is 3.57. The number of hydrogen-bond donors (Lipinski definition) is 0. The van der Waals surface area contributed by atoms with Crippen molar-refractivity contribution in [3.05, 3.63) is 150 Å². The third-order valence-corrected chi connectivity index (χ3v) is 7.77. The molecule has 180 valence electrons. The average molecular weight is 550 g/mol. The van der Waals surface area contributed by atoms with Gasteiger partial charge in [-0.05, 0) is 75.8 Å². The molecule has 7 aromatic rings. The van der Waals surface area contributed by atoms with Crippen molar-refractivity contribution < 1.29 is 0 Å². The Morgan fingerprint density at radius 1 is 0.368 bits per heavy atom. The van der Waals surface area contributed by atoms with Crippen molar-refractivity contribution in [2.24, 2.45) is 0 Å². The van der Waals surface area contributed by atoms with Gasteiger partial charge in [0, 0.05) is 20.9 Å². The van der Waals surface area contributed by atoms with Gasteiger partial charge in [-0.15, -0.1) is 0 Å². The molecule has 7 rings (SSSR count). The molecule has 2 heteroatoms. The summed E-state index contributed by atoms with van der Waals surface area (Å²) in [5, 5.41) is 2.52. The Hall–Kier alpha value is -4.40. The van der Waals surface area contributed by atoms with Gasteiger partial charge in [0.05, 0.1) is 11.0 Å². The molecule has 0 atom stereocenters. The van der Waals surface area contributed by atoms with E-state index in [0.717, 1.165) is 10.2 Å². The maximum Gasteiger partial charge on any atom is 0.0547 e. The summed E-state index contributed by atoms with van der Waals surface area (Å²) >= 11 is 3.57. The van der Waals surface area contributed by atoms with Gasteiger partial charge < -0.3 is 4.57 Å². The van der Waals surface area contributed by atoms with Gasteiger partial charge in [-0.1, -0.05) is 119 Å². The molecular formula is C36H24BrN. The first kappa shape index (κ1) is 22.8. The fourth-order valence-corrected chi connectivity index (χ4v) is 5.67. The fourth-order valence-electron chi connectivity index (χ4n) is 5.41. The molecule has 0 saturated heterocycles. The van der Waals surface area contributed by atoms with E-state index in [1.165, 1.54) is 55.2 Å². The summed E-state index contributed by atoms with van der Waals surface area (Å²) in [6, 6.07) is 52.3. The van der Waals surface area contributed by atoms with Crippen LogP contribution in [0.4, 0.5) is 0 Å². The summed E-state index contributed by atoms with van der Waals surface area (Å²) in [6.45, 7) is 0. The Morgan fingerprint density at radius 2 is 0.895 bits per heavy atom. The second kappa shape index (κ2) is 9.48. The summed E-state index contributed by atoms with van der Waals surface area (Å²) in [7, 11) is 0. The van der Waals surface area contributed by atoms with E-state index in [0.29, 0.717) is 0 Å². The van der Waals surface area contributed by atoms with E-state index in [2.05, 4.69) is 166 Å². The number of rotatable bonds is 4. The lowest BCUT2D eigenvalue weighted by Crippen LogP contribution is -1.96. The second-order valence-corrected chi connectivity index (χ2v) is 10.5. The van der Waals surface area contributed by atoms with Gasteiger partial charge in [0.2, 0.25) is 0 Å². The van der Waals surface area contributed by atoms with E-state index in [-0.39, 0.29) is 0 Å². The van der Waals surface area contributed by atoms with Crippen molar-refractivity contribution in [1.29, 1.82) is 0 Å². The average Bonchev–Trinajstić information content (AvgIpc) is 3.32. The molecule has 0 fully saturated rings. The van der Waals surface area contributed by atoms with Crippen LogP contribution in [-0.2, 0) is 0 Å². The molecule has 1 heterocycles. The van der Waals surface area contributed by atoms with Crippen molar-refractivity contribution in [3.63, 3.8) is 0 Å². The first-order valence-corrected chi connectivity index (χ1v) is 13.6. The van der Waals surface area contributed by atoms with Crippen LogP contribution in [0.5, 0.6) is 0 Å². The van der Waals surface area contributed by atoms with Crippen molar-refractivity contribution in [3.8, 4) is 39.1 Å². The van der Waals surface area contributed by atoms with E-state index in [1.54, 1.807) is 0 Å². The summed E-state index contributed by atoms with van der Waals surface area (Å²) in [5.74, 6) is 0. The summed E-state index contributed by atoms with van der Waals surface area (Å²) in [6.07, 6.45) is 0. The van der Waals surface area contributed by atoms with Gasteiger partial charge in [-0.2, -0.15) is 0 Å². The first-order valence-electron chi connectivity index (χ1n) is 12.8. The summed E-state index contributed by atoms with van der Waals surface area (Å²) < 4.78 is 3.51. The molecule has 0 radical (unpaired) electrons. The lowest BCUT2D eigenvalue weighted by atomic mass is 9.98. The number of fused-ring (bicyclic) bond motifs is 3. The molecule has 0 spiro atoms. The van der Waals surface area contributed by atoms with Crippen molar-refractivity contribution in [2.75, 3.05) is 0 Å². The molecule has 0 amide bonds. The zero-order valence-corrected chi connectivity index (χ0v) is 22.3. The van der Waals surface area contributed by atoms with E-state index in [9.17, 15) is 0 Å². The monoisotopic (exact) mass is 549 g/mol. The lowest BCUT2D eigenvalue weighted by molar-refractivity contribution is 1.18. The predicted molar refractivity (Wildman–Crippen MR) is 165 cm³/mol. The van der Waals surface area contributed by atoms with Crippen LogP contribution < -0.4 is 0 Å². The maximum atomic E-state index is 3.57. The number of para-hydroxylation sites is 1. The molecule has 0 unspecified atom stereocenters.